The zero-order valence-corrected chi connectivity index (χ0v) is 17.9. The monoisotopic (exact) mass is 440 g/mol. The van der Waals surface area contributed by atoms with E-state index in [1.807, 2.05) is 37.3 Å². The first-order chi connectivity index (χ1) is 16.1. The summed E-state index contributed by atoms with van der Waals surface area (Å²) in [6, 6.07) is 15.7. The molecule has 2 aromatic heterocycles. The number of aromatic nitrogens is 4. The molecule has 33 heavy (non-hydrogen) atoms. The highest BCUT2D eigenvalue weighted by Gasteiger charge is 2.20. The van der Waals surface area contributed by atoms with Crippen LogP contribution in [-0.2, 0) is 17.8 Å². The van der Waals surface area contributed by atoms with Crippen LogP contribution in [0.5, 0.6) is 0 Å². The number of amides is 1. The van der Waals surface area contributed by atoms with E-state index in [9.17, 15) is 9.18 Å². The summed E-state index contributed by atoms with van der Waals surface area (Å²) in [4.78, 5) is 23.3. The van der Waals surface area contributed by atoms with Crippen LogP contribution in [0.1, 0.15) is 40.9 Å². The van der Waals surface area contributed by atoms with Crippen molar-refractivity contribution < 1.29 is 9.18 Å². The summed E-state index contributed by atoms with van der Waals surface area (Å²) >= 11 is 0. The van der Waals surface area contributed by atoms with Gasteiger partial charge in [0.15, 0.2) is 0 Å². The van der Waals surface area contributed by atoms with Gasteiger partial charge in [-0.1, -0.05) is 24.3 Å². The third-order valence-electron chi connectivity index (χ3n) is 5.59. The molecule has 0 spiro atoms. The number of hydrogen-bond acceptors (Lipinski definition) is 5. The first kappa shape index (κ1) is 20.7. The zero-order valence-electron chi connectivity index (χ0n) is 17.9. The van der Waals surface area contributed by atoms with E-state index < -0.39 is 0 Å². The van der Waals surface area contributed by atoms with E-state index in [1.165, 1.54) is 12.1 Å². The summed E-state index contributed by atoms with van der Waals surface area (Å²) < 4.78 is 13.1. The standard InChI is InChI=1S/C25H21FN6O/c1-16(17-2-6-20(26)7-3-17)31-24(33)13-21-12-19-14-28-25(23(19)15-27-21)18-4-8-22(9-5-18)32-29-10-11-30-32/h2-12,15-16H,13-14H2,1H3,(H,31,33)/t16-/m1/s1. The molecule has 0 saturated carbocycles. The lowest BCUT2D eigenvalue weighted by Crippen LogP contribution is -2.28. The molecule has 5 rings (SSSR count). The molecule has 1 aliphatic rings. The van der Waals surface area contributed by atoms with Crippen LogP contribution in [0, 0.1) is 5.82 Å². The molecule has 1 atom stereocenters. The summed E-state index contributed by atoms with van der Waals surface area (Å²) in [6.07, 6.45) is 5.23. The molecule has 3 heterocycles. The molecule has 2 aromatic carbocycles. The van der Waals surface area contributed by atoms with Crippen molar-refractivity contribution in [3.8, 4) is 5.69 Å². The average Bonchev–Trinajstić information content (AvgIpc) is 3.50. The van der Waals surface area contributed by atoms with Gasteiger partial charge in [0.05, 0.1) is 48.5 Å². The van der Waals surface area contributed by atoms with Gasteiger partial charge in [0.1, 0.15) is 5.82 Å². The molecule has 0 unspecified atom stereocenters. The highest BCUT2D eigenvalue weighted by atomic mass is 19.1. The number of carbonyl (C=O) groups excluding carboxylic acids is 1. The summed E-state index contributed by atoms with van der Waals surface area (Å²) in [5.41, 5.74) is 6.31. The zero-order chi connectivity index (χ0) is 22.8. The number of aliphatic imine (C=N–C) groups is 1. The van der Waals surface area contributed by atoms with Crippen molar-refractivity contribution in [2.75, 3.05) is 0 Å². The van der Waals surface area contributed by atoms with Crippen LogP contribution in [0.15, 0.2) is 78.2 Å². The van der Waals surface area contributed by atoms with E-state index in [0.29, 0.717) is 12.2 Å². The molecule has 0 radical (unpaired) electrons. The summed E-state index contributed by atoms with van der Waals surface area (Å²) in [6.45, 7) is 2.42. The Morgan fingerprint density at radius 1 is 1.09 bits per heavy atom. The van der Waals surface area contributed by atoms with Crippen LogP contribution in [0.3, 0.4) is 0 Å². The molecular weight excluding hydrogens is 419 g/mol. The van der Waals surface area contributed by atoms with Gasteiger partial charge in [-0.2, -0.15) is 15.0 Å². The van der Waals surface area contributed by atoms with Crippen molar-refractivity contribution >= 4 is 11.6 Å². The fourth-order valence-corrected chi connectivity index (χ4v) is 3.88. The average molecular weight is 440 g/mol. The van der Waals surface area contributed by atoms with Gasteiger partial charge >= 0.3 is 0 Å². The van der Waals surface area contributed by atoms with Crippen LogP contribution in [-0.4, -0.2) is 31.6 Å². The number of fused-ring (bicyclic) bond motifs is 1. The number of benzene rings is 2. The Labute approximate surface area is 190 Å². The summed E-state index contributed by atoms with van der Waals surface area (Å²) in [5.74, 6) is -0.437. The van der Waals surface area contributed by atoms with Crippen LogP contribution in [0.2, 0.25) is 0 Å². The lowest BCUT2D eigenvalue weighted by atomic mass is 10.0. The van der Waals surface area contributed by atoms with E-state index in [2.05, 4.69) is 25.5 Å². The van der Waals surface area contributed by atoms with Crippen molar-refractivity contribution in [3.05, 3.63) is 107 Å². The van der Waals surface area contributed by atoms with Crippen LogP contribution in [0.25, 0.3) is 5.69 Å². The highest BCUT2D eigenvalue weighted by molar-refractivity contribution is 6.15. The first-order valence-electron chi connectivity index (χ1n) is 10.6. The molecule has 0 aliphatic carbocycles. The fraction of sp³-hybridized carbons (Fsp3) is 0.160. The van der Waals surface area contributed by atoms with Gasteiger partial charge in [0.25, 0.3) is 0 Å². The molecule has 0 saturated heterocycles. The predicted octanol–water partition coefficient (Wildman–Crippen LogP) is 3.57. The van der Waals surface area contributed by atoms with Gasteiger partial charge in [-0.05, 0) is 48.4 Å². The summed E-state index contributed by atoms with van der Waals surface area (Å²) in [5, 5.41) is 11.2. The Balaban J connectivity index is 1.25. The molecule has 1 N–H and O–H groups in total. The Bertz CT molecular complexity index is 1310. The lowest BCUT2D eigenvalue weighted by molar-refractivity contribution is -0.121. The van der Waals surface area contributed by atoms with Crippen LogP contribution < -0.4 is 5.32 Å². The Hall–Kier alpha value is -4.20. The van der Waals surface area contributed by atoms with Crippen molar-refractivity contribution in [2.24, 2.45) is 4.99 Å². The molecule has 1 aliphatic heterocycles. The Kier molecular flexibility index (Phi) is 5.48. The van der Waals surface area contributed by atoms with Gasteiger partial charge in [0.2, 0.25) is 5.91 Å². The molecular formula is C25H21FN6O. The third-order valence-corrected chi connectivity index (χ3v) is 5.59. The Morgan fingerprint density at radius 2 is 1.82 bits per heavy atom. The van der Waals surface area contributed by atoms with Crippen molar-refractivity contribution in [2.45, 2.75) is 25.9 Å². The minimum Gasteiger partial charge on any atom is -0.349 e. The van der Waals surface area contributed by atoms with E-state index in [0.717, 1.165) is 33.7 Å². The molecule has 164 valence electrons. The second-order valence-corrected chi connectivity index (χ2v) is 7.88. The van der Waals surface area contributed by atoms with Crippen molar-refractivity contribution in [1.82, 2.24) is 25.3 Å². The fourth-order valence-electron chi connectivity index (χ4n) is 3.88. The topological polar surface area (TPSA) is 85.1 Å². The van der Waals surface area contributed by atoms with Crippen molar-refractivity contribution in [1.29, 1.82) is 0 Å². The number of halogens is 1. The van der Waals surface area contributed by atoms with E-state index in [-0.39, 0.29) is 24.2 Å². The van der Waals surface area contributed by atoms with Crippen molar-refractivity contribution in [3.63, 3.8) is 0 Å². The quantitative estimate of drug-likeness (QED) is 0.497. The highest BCUT2D eigenvalue weighted by Crippen LogP contribution is 2.24. The molecule has 7 nitrogen and oxygen atoms in total. The largest absolute Gasteiger partial charge is 0.349 e. The minimum atomic E-state index is -0.299. The number of nitrogens with zero attached hydrogens (tertiary/aromatic N) is 5. The second-order valence-electron chi connectivity index (χ2n) is 7.88. The van der Waals surface area contributed by atoms with Gasteiger partial charge < -0.3 is 5.32 Å². The van der Waals surface area contributed by atoms with E-state index >= 15 is 0 Å². The van der Waals surface area contributed by atoms with Crippen LogP contribution >= 0.6 is 0 Å². The van der Waals surface area contributed by atoms with Gasteiger partial charge in [-0.3, -0.25) is 14.8 Å². The first-order valence-corrected chi connectivity index (χ1v) is 10.6. The maximum Gasteiger partial charge on any atom is 0.226 e. The van der Waals surface area contributed by atoms with E-state index in [4.69, 9.17) is 0 Å². The molecule has 0 bridgehead atoms. The molecule has 0 fully saturated rings. The smallest absolute Gasteiger partial charge is 0.226 e. The normalized spacial score (nSPS) is 13.3. The second kappa shape index (κ2) is 8.74. The van der Waals surface area contributed by atoms with Crippen LogP contribution in [0.4, 0.5) is 4.39 Å². The maximum absolute atomic E-state index is 13.1. The number of pyridine rings is 1. The Morgan fingerprint density at radius 3 is 2.55 bits per heavy atom. The number of rotatable bonds is 6. The molecule has 8 heteroatoms. The predicted molar refractivity (Wildman–Crippen MR) is 122 cm³/mol. The lowest BCUT2D eigenvalue weighted by Gasteiger charge is -2.14. The summed E-state index contributed by atoms with van der Waals surface area (Å²) in [7, 11) is 0. The number of hydrogen-bond donors (Lipinski definition) is 1. The number of nitrogens with one attached hydrogen (secondary N) is 1. The molecule has 4 aromatic rings. The third kappa shape index (κ3) is 4.41. The van der Waals surface area contributed by atoms with E-state index in [1.54, 1.807) is 35.5 Å². The maximum atomic E-state index is 13.1. The van der Waals surface area contributed by atoms with Gasteiger partial charge in [0, 0.05) is 17.3 Å². The van der Waals surface area contributed by atoms with Gasteiger partial charge in [-0.15, -0.1) is 0 Å². The minimum absolute atomic E-state index is 0.138. The SMILES string of the molecule is C[C@@H](NC(=O)Cc1cc2c(cn1)C(c1ccc(-n3nccn3)cc1)=NC2)c1ccc(F)cc1. The van der Waals surface area contributed by atoms with Gasteiger partial charge in [-0.25, -0.2) is 4.39 Å². The number of carbonyl (C=O) groups is 1. The molecule has 1 amide bonds.